The lowest BCUT2D eigenvalue weighted by molar-refractivity contribution is 0.0690. The lowest BCUT2D eigenvalue weighted by Crippen LogP contribution is -2.39. The van der Waals surface area contributed by atoms with Gasteiger partial charge in [-0.15, -0.1) is 0 Å². The Bertz CT molecular complexity index is 1620. The predicted octanol–water partition coefficient (Wildman–Crippen LogP) is 7.92. The van der Waals surface area contributed by atoms with E-state index in [-0.39, 0.29) is 27.5 Å². The number of hydrogen-bond donors (Lipinski definition) is 2. The van der Waals surface area contributed by atoms with Crippen molar-refractivity contribution in [3.05, 3.63) is 99.4 Å². The Morgan fingerprint density at radius 1 is 0.977 bits per heavy atom. The molecule has 2 aromatic heterocycles. The van der Waals surface area contributed by atoms with E-state index in [1.165, 1.54) is 6.20 Å². The lowest BCUT2D eigenvalue weighted by Gasteiger charge is -2.32. The topological polar surface area (TPSA) is 92.2 Å². The summed E-state index contributed by atoms with van der Waals surface area (Å²) in [5, 5.41) is 11.2. The molecule has 5 rings (SSSR count). The fourth-order valence-electron chi connectivity index (χ4n) is 5.17. The van der Waals surface area contributed by atoms with E-state index in [0.29, 0.717) is 36.1 Å². The van der Waals surface area contributed by atoms with Crippen LogP contribution in [0.4, 0.5) is 16.3 Å². The van der Waals surface area contributed by atoms with Crippen LogP contribution in [-0.2, 0) is 11.8 Å². The summed E-state index contributed by atoms with van der Waals surface area (Å²) in [5.41, 5.74) is 5.02. The molecular weight excluding hydrogens is 583 g/mol. The zero-order valence-corrected chi connectivity index (χ0v) is 26.3. The molecule has 3 amide bonds. The molecule has 0 radical (unpaired) electrons. The summed E-state index contributed by atoms with van der Waals surface area (Å²) >= 11 is 11.9. The van der Waals surface area contributed by atoms with Crippen molar-refractivity contribution in [3.8, 4) is 5.69 Å². The molecule has 0 spiro atoms. The Morgan fingerprint density at radius 3 is 2.37 bits per heavy atom. The van der Waals surface area contributed by atoms with Gasteiger partial charge in [0.2, 0.25) is 0 Å². The van der Waals surface area contributed by atoms with Crippen LogP contribution >= 0.6 is 23.2 Å². The van der Waals surface area contributed by atoms with Gasteiger partial charge in [0.1, 0.15) is 11.0 Å². The number of aryl methyl sites for hydroxylation is 1. The molecule has 3 heterocycles. The number of nitrogens with zero attached hydrogens (tertiary/aromatic N) is 4. The van der Waals surface area contributed by atoms with Crippen molar-refractivity contribution >= 4 is 46.6 Å². The van der Waals surface area contributed by atoms with Gasteiger partial charge in [0.15, 0.2) is 0 Å². The molecular formula is C33H36Cl2N6O2. The number of rotatable bonds is 6. The largest absolute Gasteiger partial charge is 0.339 e. The third-order valence-electron chi connectivity index (χ3n) is 7.65. The molecule has 1 saturated heterocycles. The van der Waals surface area contributed by atoms with Crippen molar-refractivity contribution in [2.75, 3.05) is 23.7 Å². The summed E-state index contributed by atoms with van der Waals surface area (Å²) in [6, 6.07) is 19.1. The predicted molar refractivity (Wildman–Crippen MR) is 173 cm³/mol. The minimum atomic E-state index is -0.338. The average Bonchev–Trinajstić information content (AvgIpc) is 3.39. The van der Waals surface area contributed by atoms with Gasteiger partial charge in [-0.25, -0.2) is 14.5 Å². The molecule has 224 valence electrons. The Kier molecular flexibility index (Phi) is 9.08. The minimum Gasteiger partial charge on any atom is -0.339 e. The third-order valence-corrected chi connectivity index (χ3v) is 8.34. The molecule has 0 aliphatic carbocycles. The zero-order chi connectivity index (χ0) is 30.7. The van der Waals surface area contributed by atoms with E-state index in [4.69, 9.17) is 28.3 Å². The first-order chi connectivity index (χ1) is 20.5. The molecule has 1 fully saturated rings. The summed E-state index contributed by atoms with van der Waals surface area (Å²) in [4.78, 5) is 31.9. The number of carbonyl (C=O) groups excluding carboxylic acids is 2. The number of pyridine rings is 1. The van der Waals surface area contributed by atoms with E-state index in [1.807, 2.05) is 60.4 Å². The highest BCUT2D eigenvalue weighted by Crippen LogP contribution is 2.28. The van der Waals surface area contributed by atoms with E-state index in [0.717, 1.165) is 41.8 Å². The summed E-state index contributed by atoms with van der Waals surface area (Å²) in [6.07, 6.45) is 4.11. The molecule has 1 aliphatic rings. The highest BCUT2D eigenvalue weighted by atomic mass is 35.5. The standard InChI is InChI=1S/C33H36Cl2N6O2/c1-21-8-10-26(11-9-21)41-29(19-28(39-41)33(2,3)4)38-32(43)37-25-7-5-6-23(17-25)16-22-12-14-40(15-13-22)31(42)24-18-27(34)30(35)36-20-24/h5-11,17-20,22H,12-16H2,1-4H3,(H2,37,38,43). The number of anilines is 2. The molecule has 0 saturated carbocycles. The van der Waals surface area contributed by atoms with E-state index >= 15 is 0 Å². The van der Waals surface area contributed by atoms with Crippen LogP contribution in [0.25, 0.3) is 5.69 Å². The van der Waals surface area contributed by atoms with E-state index in [1.54, 1.807) is 10.7 Å². The molecule has 10 heteroatoms. The molecule has 2 N–H and O–H groups in total. The first kappa shape index (κ1) is 30.6. The Labute approximate surface area is 262 Å². The molecule has 8 nitrogen and oxygen atoms in total. The average molecular weight is 620 g/mol. The smallest absolute Gasteiger partial charge is 0.324 e. The Morgan fingerprint density at radius 2 is 1.70 bits per heavy atom. The van der Waals surface area contributed by atoms with Crippen LogP contribution < -0.4 is 10.6 Å². The number of halogens is 2. The van der Waals surface area contributed by atoms with Gasteiger partial charge in [0.05, 0.1) is 22.0 Å². The quantitative estimate of drug-likeness (QED) is 0.215. The van der Waals surface area contributed by atoms with Crippen LogP contribution in [0, 0.1) is 12.8 Å². The van der Waals surface area contributed by atoms with Gasteiger partial charge in [-0.05, 0) is 68.0 Å². The third kappa shape index (κ3) is 7.56. The first-order valence-electron chi connectivity index (χ1n) is 14.4. The van der Waals surface area contributed by atoms with Gasteiger partial charge in [0, 0.05) is 36.5 Å². The first-order valence-corrected chi connectivity index (χ1v) is 15.2. The zero-order valence-electron chi connectivity index (χ0n) is 24.8. The summed E-state index contributed by atoms with van der Waals surface area (Å²) in [7, 11) is 0. The number of piperidine rings is 1. The van der Waals surface area contributed by atoms with Crippen molar-refractivity contribution in [3.63, 3.8) is 0 Å². The second-order valence-electron chi connectivity index (χ2n) is 12.1. The fourth-order valence-corrected chi connectivity index (χ4v) is 5.44. The monoisotopic (exact) mass is 618 g/mol. The number of benzene rings is 2. The van der Waals surface area contributed by atoms with Crippen molar-refractivity contribution in [2.45, 2.75) is 52.4 Å². The van der Waals surface area contributed by atoms with Gasteiger partial charge < -0.3 is 10.2 Å². The summed E-state index contributed by atoms with van der Waals surface area (Å²) in [6.45, 7) is 9.65. The summed E-state index contributed by atoms with van der Waals surface area (Å²) < 4.78 is 1.77. The maximum atomic E-state index is 13.1. The number of hydrogen-bond acceptors (Lipinski definition) is 4. The number of nitrogens with one attached hydrogen (secondary N) is 2. The van der Waals surface area contributed by atoms with Crippen molar-refractivity contribution in [2.24, 2.45) is 5.92 Å². The van der Waals surface area contributed by atoms with Gasteiger partial charge in [-0.3, -0.25) is 10.1 Å². The molecule has 43 heavy (non-hydrogen) atoms. The van der Waals surface area contributed by atoms with Gasteiger partial charge >= 0.3 is 6.03 Å². The second-order valence-corrected chi connectivity index (χ2v) is 12.9. The highest BCUT2D eigenvalue weighted by Gasteiger charge is 2.25. The van der Waals surface area contributed by atoms with Crippen LogP contribution in [0.3, 0.4) is 0 Å². The number of carbonyl (C=O) groups is 2. The maximum absolute atomic E-state index is 13.1. The minimum absolute atomic E-state index is 0.0833. The van der Waals surface area contributed by atoms with Crippen LogP contribution in [-0.4, -0.2) is 44.7 Å². The molecule has 4 aromatic rings. The van der Waals surface area contributed by atoms with Gasteiger partial charge in [-0.2, -0.15) is 5.10 Å². The molecule has 0 atom stereocenters. The highest BCUT2D eigenvalue weighted by molar-refractivity contribution is 6.41. The Hall–Kier alpha value is -3.88. The lowest BCUT2D eigenvalue weighted by atomic mass is 9.90. The van der Waals surface area contributed by atoms with Crippen LogP contribution in [0.1, 0.15) is 60.8 Å². The SMILES string of the molecule is Cc1ccc(-n2nc(C(C)(C)C)cc2NC(=O)Nc2cccc(CC3CCN(C(=O)c4cnc(Cl)c(Cl)c4)CC3)c2)cc1. The molecule has 0 bridgehead atoms. The molecule has 2 aromatic carbocycles. The van der Waals surface area contributed by atoms with E-state index in [2.05, 4.69) is 42.5 Å². The Balaban J connectivity index is 1.20. The number of urea groups is 1. The van der Waals surface area contributed by atoms with E-state index in [9.17, 15) is 9.59 Å². The normalized spacial score (nSPS) is 14.0. The van der Waals surface area contributed by atoms with Gasteiger partial charge in [0.25, 0.3) is 5.91 Å². The van der Waals surface area contributed by atoms with Crippen molar-refractivity contribution in [1.29, 1.82) is 0 Å². The molecule has 0 unspecified atom stereocenters. The van der Waals surface area contributed by atoms with Crippen molar-refractivity contribution < 1.29 is 9.59 Å². The number of amides is 3. The number of aromatic nitrogens is 3. The van der Waals surface area contributed by atoms with Crippen molar-refractivity contribution in [1.82, 2.24) is 19.7 Å². The van der Waals surface area contributed by atoms with E-state index < -0.39 is 0 Å². The fraction of sp³-hybridized carbons (Fsp3) is 0.333. The van der Waals surface area contributed by atoms with Crippen LogP contribution in [0.5, 0.6) is 0 Å². The second kappa shape index (κ2) is 12.8. The van der Waals surface area contributed by atoms with Crippen LogP contribution in [0.15, 0.2) is 66.9 Å². The summed E-state index contributed by atoms with van der Waals surface area (Å²) in [5.74, 6) is 0.945. The number of likely N-dealkylation sites (tertiary alicyclic amines) is 1. The molecule has 1 aliphatic heterocycles. The van der Waals surface area contributed by atoms with Crippen LogP contribution in [0.2, 0.25) is 10.2 Å². The van der Waals surface area contributed by atoms with Gasteiger partial charge in [-0.1, -0.05) is 73.8 Å². The maximum Gasteiger partial charge on any atom is 0.324 e.